The number of imidazole rings is 1. The van der Waals surface area contributed by atoms with Crippen LogP contribution in [0.15, 0.2) is 18.3 Å². The molecule has 0 aromatic carbocycles. The van der Waals surface area contributed by atoms with Crippen LogP contribution in [0.5, 0.6) is 0 Å². The van der Waals surface area contributed by atoms with Gasteiger partial charge in [-0.15, -0.1) is 0 Å². The summed E-state index contributed by atoms with van der Waals surface area (Å²) >= 11 is 0. The molecule has 1 aliphatic heterocycles. The number of hydrogen-bond donors (Lipinski definition) is 2. The Morgan fingerprint density at radius 3 is 3.05 bits per heavy atom. The van der Waals surface area contributed by atoms with E-state index in [-0.39, 0.29) is 11.8 Å². The van der Waals surface area contributed by atoms with Crippen molar-refractivity contribution in [3.05, 3.63) is 29.6 Å². The number of aromatic nitrogens is 2. The van der Waals surface area contributed by atoms with Crippen LogP contribution in [0.3, 0.4) is 0 Å². The second-order valence-corrected chi connectivity index (χ2v) is 5.51. The zero-order valence-electron chi connectivity index (χ0n) is 11.9. The maximum atomic E-state index is 12.4. The van der Waals surface area contributed by atoms with E-state index < -0.39 is 0 Å². The van der Waals surface area contributed by atoms with Gasteiger partial charge in [0, 0.05) is 12.7 Å². The van der Waals surface area contributed by atoms with Crippen molar-refractivity contribution in [2.75, 3.05) is 18.4 Å². The summed E-state index contributed by atoms with van der Waals surface area (Å²) in [5.74, 6) is 0.932. The van der Waals surface area contributed by atoms with Gasteiger partial charge in [0.25, 0.3) is 0 Å². The van der Waals surface area contributed by atoms with E-state index in [4.69, 9.17) is 0 Å². The molecular formula is C15H20N4O. The zero-order chi connectivity index (χ0) is 14.1. The van der Waals surface area contributed by atoms with Crippen LogP contribution in [0.25, 0.3) is 5.65 Å². The molecule has 2 N–H and O–H groups in total. The number of carbonyl (C=O) groups excluding carboxylic acids is 1. The average Bonchev–Trinajstić information content (AvgIpc) is 2.76. The van der Waals surface area contributed by atoms with E-state index in [0.717, 1.165) is 48.7 Å². The summed E-state index contributed by atoms with van der Waals surface area (Å²) in [6.45, 7) is 5.74. The normalized spacial score (nSPS) is 19.2. The predicted octanol–water partition coefficient (Wildman–Crippen LogP) is 1.89. The topological polar surface area (TPSA) is 58.4 Å². The quantitative estimate of drug-likeness (QED) is 0.877. The second kappa shape index (κ2) is 5.25. The highest BCUT2D eigenvalue weighted by atomic mass is 16.2. The Kier molecular flexibility index (Phi) is 3.44. The second-order valence-electron chi connectivity index (χ2n) is 5.51. The van der Waals surface area contributed by atoms with Gasteiger partial charge in [0.1, 0.15) is 11.5 Å². The Bertz CT molecular complexity index is 641. The smallest absolute Gasteiger partial charge is 0.229 e. The number of anilines is 1. The number of pyridine rings is 1. The first-order valence-corrected chi connectivity index (χ1v) is 7.12. The summed E-state index contributed by atoms with van der Waals surface area (Å²) in [5, 5.41) is 6.32. The molecule has 2 aromatic rings. The fraction of sp³-hybridized carbons (Fsp3) is 0.467. The van der Waals surface area contributed by atoms with E-state index in [1.165, 1.54) is 0 Å². The Morgan fingerprint density at radius 1 is 1.45 bits per heavy atom. The Hall–Kier alpha value is -1.88. The lowest BCUT2D eigenvalue weighted by Gasteiger charge is -2.21. The van der Waals surface area contributed by atoms with Gasteiger partial charge in [-0.2, -0.15) is 0 Å². The van der Waals surface area contributed by atoms with Crippen molar-refractivity contribution in [1.29, 1.82) is 0 Å². The molecule has 3 rings (SSSR count). The van der Waals surface area contributed by atoms with Gasteiger partial charge in [-0.1, -0.05) is 6.07 Å². The number of rotatable bonds is 2. The number of nitrogens with zero attached hydrogens (tertiary/aromatic N) is 2. The number of piperidine rings is 1. The molecule has 20 heavy (non-hydrogen) atoms. The molecule has 1 aliphatic rings. The molecule has 0 unspecified atom stereocenters. The van der Waals surface area contributed by atoms with Crippen molar-refractivity contribution in [2.45, 2.75) is 26.7 Å². The lowest BCUT2D eigenvalue weighted by Crippen LogP contribution is -2.37. The van der Waals surface area contributed by atoms with E-state index in [9.17, 15) is 4.79 Å². The highest BCUT2D eigenvalue weighted by molar-refractivity contribution is 5.93. The number of nitrogens with one attached hydrogen (secondary N) is 2. The van der Waals surface area contributed by atoms with E-state index in [1.54, 1.807) is 0 Å². The van der Waals surface area contributed by atoms with Gasteiger partial charge in [0.15, 0.2) is 0 Å². The molecule has 5 nitrogen and oxygen atoms in total. The number of amides is 1. The van der Waals surface area contributed by atoms with E-state index in [0.29, 0.717) is 0 Å². The third kappa shape index (κ3) is 2.41. The summed E-state index contributed by atoms with van der Waals surface area (Å²) < 4.78 is 1.96. The van der Waals surface area contributed by atoms with Crippen LogP contribution < -0.4 is 10.6 Å². The monoisotopic (exact) mass is 272 g/mol. The standard InChI is InChI=1S/C15H20N4O/c1-10-5-6-13-17-11(2)14(19(13)9-10)18-15(20)12-4-3-7-16-8-12/h5-6,9,12,16H,3-4,7-8H2,1-2H3,(H,18,20)/t12-/m0/s1. The number of aryl methyl sites for hydroxylation is 2. The van der Waals surface area contributed by atoms with Gasteiger partial charge in [0.2, 0.25) is 5.91 Å². The van der Waals surface area contributed by atoms with Crippen LogP contribution in [-0.4, -0.2) is 28.4 Å². The molecule has 3 heterocycles. The first-order chi connectivity index (χ1) is 9.65. The average molecular weight is 272 g/mol. The van der Waals surface area contributed by atoms with Crippen molar-refractivity contribution in [1.82, 2.24) is 14.7 Å². The van der Waals surface area contributed by atoms with E-state index in [2.05, 4.69) is 15.6 Å². The molecule has 0 spiro atoms. The fourth-order valence-electron chi connectivity index (χ4n) is 2.71. The zero-order valence-corrected chi connectivity index (χ0v) is 11.9. The van der Waals surface area contributed by atoms with Crippen molar-refractivity contribution in [3.8, 4) is 0 Å². The van der Waals surface area contributed by atoms with Crippen LogP contribution in [-0.2, 0) is 4.79 Å². The SMILES string of the molecule is Cc1ccc2nc(C)c(NC(=O)[C@H]3CCCNC3)n2c1. The van der Waals surface area contributed by atoms with Crippen LogP contribution >= 0.6 is 0 Å². The van der Waals surface area contributed by atoms with Crippen molar-refractivity contribution < 1.29 is 4.79 Å². The van der Waals surface area contributed by atoms with Crippen molar-refractivity contribution >= 4 is 17.4 Å². The van der Waals surface area contributed by atoms with Crippen LogP contribution in [0.2, 0.25) is 0 Å². The largest absolute Gasteiger partial charge is 0.316 e. The molecule has 0 bridgehead atoms. The van der Waals surface area contributed by atoms with Gasteiger partial charge in [-0.3, -0.25) is 9.20 Å². The number of hydrogen-bond acceptors (Lipinski definition) is 3. The number of carbonyl (C=O) groups is 1. The summed E-state index contributed by atoms with van der Waals surface area (Å²) in [6.07, 6.45) is 4.01. The Morgan fingerprint density at radius 2 is 2.30 bits per heavy atom. The van der Waals surface area contributed by atoms with E-state index >= 15 is 0 Å². The van der Waals surface area contributed by atoms with Crippen LogP contribution in [0.4, 0.5) is 5.82 Å². The Balaban J connectivity index is 1.88. The summed E-state index contributed by atoms with van der Waals surface area (Å²) in [6, 6.07) is 4.00. The lowest BCUT2D eigenvalue weighted by atomic mass is 9.99. The molecule has 0 aliphatic carbocycles. The molecule has 1 saturated heterocycles. The molecule has 106 valence electrons. The Labute approximate surface area is 118 Å². The minimum absolute atomic E-state index is 0.0542. The highest BCUT2D eigenvalue weighted by Gasteiger charge is 2.22. The lowest BCUT2D eigenvalue weighted by molar-refractivity contribution is -0.120. The number of fused-ring (bicyclic) bond motifs is 1. The van der Waals surface area contributed by atoms with Crippen LogP contribution in [0.1, 0.15) is 24.1 Å². The third-order valence-electron chi connectivity index (χ3n) is 3.85. The molecule has 1 atom stereocenters. The molecular weight excluding hydrogens is 252 g/mol. The maximum Gasteiger partial charge on any atom is 0.229 e. The van der Waals surface area contributed by atoms with Gasteiger partial charge in [-0.25, -0.2) is 4.98 Å². The van der Waals surface area contributed by atoms with Gasteiger partial charge in [0.05, 0.1) is 11.6 Å². The molecule has 5 heteroatoms. The first-order valence-electron chi connectivity index (χ1n) is 7.12. The predicted molar refractivity (Wildman–Crippen MR) is 78.9 cm³/mol. The first kappa shape index (κ1) is 13.1. The van der Waals surface area contributed by atoms with Gasteiger partial charge >= 0.3 is 0 Å². The summed E-state index contributed by atoms with van der Waals surface area (Å²) in [7, 11) is 0. The van der Waals surface area contributed by atoms with Gasteiger partial charge < -0.3 is 10.6 Å². The molecule has 0 radical (unpaired) electrons. The maximum absolute atomic E-state index is 12.4. The van der Waals surface area contributed by atoms with E-state index in [1.807, 2.05) is 36.6 Å². The van der Waals surface area contributed by atoms with Crippen molar-refractivity contribution in [2.24, 2.45) is 5.92 Å². The molecule has 1 fully saturated rings. The summed E-state index contributed by atoms with van der Waals surface area (Å²) in [5.41, 5.74) is 2.86. The summed E-state index contributed by atoms with van der Waals surface area (Å²) in [4.78, 5) is 16.8. The fourth-order valence-corrected chi connectivity index (χ4v) is 2.71. The molecule has 2 aromatic heterocycles. The third-order valence-corrected chi connectivity index (χ3v) is 3.85. The van der Waals surface area contributed by atoms with Crippen LogP contribution in [0, 0.1) is 19.8 Å². The highest BCUT2D eigenvalue weighted by Crippen LogP contribution is 2.20. The van der Waals surface area contributed by atoms with Crippen molar-refractivity contribution in [3.63, 3.8) is 0 Å². The minimum atomic E-state index is 0.0542. The minimum Gasteiger partial charge on any atom is -0.316 e. The molecule has 0 saturated carbocycles. The van der Waals surface area contributed by atoms with Gasteiger partial charge in [-0.05, 0) is 44.9 Å². The molecule has 1 amide bonds.